The van der Waals surface area contributed by atoms with E-state index in [1.807, 2.05) is 6.08 Å². The zero-order chi connectivity index (χ0) is 13.2. The summed E-state index contributed by atoms with van der Waals surface area (Å²) in [7, 11) is -3.26. The SMILES string of the molecule is CC1=CCN(S(=O)(=O)N2CCC(CN)CC2)CC1. The first kappa shape index (κ1) is 14.0. The van der Waals surface area contributed by atoms with E-state index in [1.54, 1.807) is 8.61 Å². The average Bonchev–Trinajstić information content (AvgIpc) is 2.39. The minimum Gasteiger partial charge on any atom is -0.330 e. The van der Waals surface area contributed by atoms with E-state index in [1.165, 1.54) is 5.57 Å². The second kappa shape index (κ2) is 5.69. The molecule has 0 bridgehead atoms. The second-order valence-corrected chi connectivity index (χ2v) is 7.17. The Morgan fingerprint density at radius 2 is 1.94 bits per heavy atom. The maximum Gasteiger partial charge on any atom is 0.282 e. The Labute approximate surface area is 110 Å². The molecule has 0 spiro atoms. The average molecular weight is 273 g/mol. The fourth-order valence-corrected chi connectivity index (χ4v) is 4.08. The Hall–Kier alpha value is -0.430. The number of nitrogens with zero attached hydrogens (tertiary/aromatic N) is 2. The van der Waals surface area contributed by atoms with Gasteiger partial charge in [-0.15, -0.1) is 0 Å². The van der Waals surface area contributed by atoms with Crippen LogP contribution in [0.15, 0.2) is 11.6 Å². The van der Waals surface area contributed by atoms with Crippen LogP contribution in [-0.2, 0) is 10.2 Å². The molecule has 0 unspecified atom stereocenters. The molecule has 2 aliphatic rings. The van der Waals surface area contributed by atoms with Gasteiger partial charge in [-0.1, -0.05) is 11.6 Å². The Bertz CT molecular complexity index is 411. The van der Waals surface area contributed by atoms with Gasteiger partial charge in [0, 0.05) is 26.2 Å². The summed E-state index contributed by atoms with van der Waals surface area (Å²) in [6.45, 7) is 5.08. The molecule has 2 heterocycles. The molecule has 6 heteroatoms. The molecule has 2 rings (SSSR count). The first-order valence-electron chi connectivity index (χ1n) is 6.65. The zero-order valence-corrected chi connectivity index (χ0v) is 11.8. The molecule has 0 aliphatic carbocycles. The predicted octanol–water partition coefficient (Wildman–Crippen LogP) is 0.554. The maximum atomic E-state index is 12.4. The zero-order valence-electron chi connectivity index (χ0n) is 11.0. The molecule has 1 saturated heterocycles. The van der Waals surface area contributed by atoms with Gasteiger partial charge in [0.15, 0.2) is 0 Å². The van der Waals surface area contributed by atoms with E-state index < -0.39 is 10.2 Å². The molecule has 104 valence electrons. The first-order valence-corrected chi connectivity index (χ1v) is 8.04. The van der Waals surface area contributed by atoms with Crippen molar-refractivity contribution in [3.63, 3.8) is 0 Å². The summed E-state index contributed by atoms with van der Waals surface area (Å²) in [4.78, 5) is 0. The van der Waals surface area contributed by atoms with Crippen LogP contribution in [0.25, 0.3) is 0 Å². The van der Waals surface area contributed by atoms with E-state index >= 15 is 0 Å². The second-order valence-electron chi connectivity index (χ2n) is 5.24. The highest BCUT2D eigenvalue weighted by Gasteiger charge is 2.32. The molecule has 0 aromatic rings. The van der Waals surface area contributed by atoms with Crippen molar-refractivity contribution in [3.8, 4) is 0 Å². The molecule has 5 nitrogen and oxygen atoms in total. The van der Waals surface area contributed by atoms with Crippen LogP contribution in [0.1, 0.15) is 26.2 Å². The van der Waals surface area contributed by atoms with Crippen LogP contribution in [0, 0.1) is 5.92 Å². The highest BCUT2D eigenvalue weighted by Crippen LogP contribution is 2.22. The van der Waals surface area contributed by atoms with E-state index in [-0.39, 0.29) is 0 Å². The molecule has 0 aromatic heterocycles. The summed E-state index contributed by atoms with van der Waals surface area (Å²) in [5, 5.41) is 0. The summed E-state index contributed by atoms with van der Waals surface area (Å²) in [6, 6.07) is 0. The Balaban J connectivity index is 1.99. The van der Waals surface area contributed by atoms with Gasteiger partial charge in [0.1, 0.15) is 0 Å². The molecule has 18 heavy (non-hydrogen) atoms. The lowest BCUT2D eigenvalue weighted by Gasteiger charge is -2.35. The fraction of sp³-hybridized carbons (Fsp3) is 0.833. The van der Waals surface area contributed by atoms with Gasteiger partial charge in [0.05, 0.1) is 0 Å². The number of hydrogen-bond donors (Lipinski definition) is 1. The number of piperidine rings is 1. The van der Waals surface area contributed by atoms with E-state index in [4.69, 9.17) is 5.73 Å². The molecule has 2 N–H and O–H groups in total. The lowest BCUT2D eigenvalue weighted by Crippen LogP contribution is -2.48. The van der Waals surface area contributed by atoms with Crippen LogP contribution >= 0.6 is 0 Å². The van der Waals surface area contributed by atoms with Crippen molar-refractivity contribution in [2.75, 3.05) is 32.7 Å². The summed E-state index contributed by atoms with van der Waals surface area (Å²) in [5.74, 6) is 0.486. The Kier molecular flexibility index (Phi) is 4.42. The van der Waals surface area contributed by atoms with Crippen molar-refractivity contribution in [2.45, 2.75) is 26.2 Å². The van der Waals surface area contributed by atoms with Crippen LogP contribution in [0.3, 0.4) is 0 Å². The lowest BCUT2D eigenvalue weighted by molar-refractivity contribution is 0.259. The van der Waals surface area contributed by atoms with Gasteiger partial charge in [0.25, 0.3) is 10.2 Å². The van der Waals surface area contributed by atoms with Crippen molar-refractivity contribution in [1.82, 2.24) is 8.61 Å². The third kappa shape index (κ3) is 2.93. The molecule has 0 saturated carbocycles. The van der Waals surface area contributed by atoms with E-state index in [9.17, 15) is 8.42 Å². The number of rotatable bonds is 3. The Morgan fingerprint density at radius 3 is 2.44 bits per heavy atom. The molecule has 0 atom stereocenters. The van der Waals surface area contributed by atoms with Gasteiger partial charge in [0.2, 0.25) is 0 Å². The van der Waals surface area contributed by atoms with Crippen LogP contribution < -0.4 is 5.73 Å². The topological polar surface area (TPSA) is 66.6 Å². The fourth-order valence-electron chi connectivity index (χ4n) is 2.50. The minimum absolute atomic E-state index is 0.486. The van der Waals surface area contributed by atoms with E-state index in [0.717, 1.165) is 19.3 Å². The van der Waals surface area contributed by atoms with Gasteiger partial charge < -0.3 is 5.73 Å². The summed E-state index contributed by atoms with van der Waals surface area (Å²) in [6.07, 6.45) is 4.63. The highest BCUT2D eigenvalue weighted by atomic mass is 32.2. The highest BCUT2D eigenvalue weighted by molar-refractivity contribution is 7.86. The van der Waals surface area contributed by atoms with Crippen molar-refractivity contribution >= 4 is 10.2 Å². The van der Waals surface area contributed by atoms with Crippen molar-refractivity contribution < 1.29 is 8.42 Å². The third-order valence-electron chi connectivity index (χ3n) is 3.96. The van der Waals surface area contributed by atoms with Crippen LogP contribution in [-0.4, -0.2) is 49.8 Å². The summed E-state index contributed by atoms with van der Waals surface area (Å²) in [5.41, 5.74) is 6.91. The van der Waals surface area contributed by atoms with Gasteiger partial charge in [-0.3, -0.25) is 0 Å². The van der Waals surface area contributed by atoms with Gasteiger partial charge in [-0.05, 0) is 38.6 Å². The van der Waals surface area contributed by atoms with E-state index in [2.05, 4.69) is 6.92 Å². The van der Waals surface area contributed by atoms with Gasteiger partial charge in [-0.25, -0.2) is 0 Å². The molecule has 0 radical (unpaired) electrons. The molecule has 1 fully saturated rings. The normalized spacial score (nSPS) is 25.1. The monoisotopic (exact) mass is 273 g/mol. The molecular formula is C12H23N3O2S. The van der Waals surface area contributed by atoms with Gasteiger partial charge >= 0.3 is 0 Å². The summed E-state index contributed by atoms with van der Waals surface area (Å²) < 4.78 is 28.1. The van der Waals surface area contributed by atoms with Crippen LogP contribution in [0.5, 0.6) is 0 Å². The smallest absolute Gasteiger partial charge is 0.282 e. The van der Waals surface area contributed by atoms with Crippen LogP contribution in [0.4, 0.5) is 0 Å². The summed E-state index contributed by atoms with van der Waals surface area (Å²) >= 11 is 0. The number of nitrogens with two attached hydrogens (primary N) is 1. The third-order valence-corrected chi connectivity index (χ3v) is 5.96. The lowest BCUT2D eigenvalue weighted by atomic mass is 9.99. The predicted molar refractivity (Wildman–Crippen MR) is 72.2 cm³/mol. The maximum absolute atomic E-state index is 12.4. The molecule has 0 aromatic carbocycles. The Morgan fingerprint density at radius 1 is 1.28 bits per heavy atom. The molecule has 0 amide bonds. The van der Waals surface area contributed by atoms with Crippen molar-refractivity contribution in [2.24, 2.45) is 11.7 Å². The number of hydrogen-bond acceptors (Lipinski definition) is 3. The van der Waals surface area contributed by atoms with Crippen molar-refractivity contribution in [1.29, 1.82) is 0 Å². The molecule has 2 aliphatic heterocycles. The first-order chi connectivity index (χ1) is 8.54. The quantitative estimate of drug-likeness (QED) is 0.764. The van der Waals surface area contributed by atoms with Crippen molar-refractivity contribution in [3.05, 3.63) is 11.6 Å². The van der Waals surface area contributed by atoms with Crippen LogP contribution in [0.2, 0.25) is 0 Å². The largest absolute Gasteiger partial charge is 0.330 e. The standard InChI is InChI=1S/C12H23N3O2S/c1-11-2-6-14(7-3-11)18(16,17)15-8-4-12(10-13)5-9-15/h2,12H,3-10,13H2,1H3. The van der Waals surface area contributed by atoms with Gasteiger partial charge in [-0.2, -0.15) is 17.0 Å². The van der Waals surface area contributed by atoms with E-state index in [0.29, 0.717) is 38.6 Å². The minimum atomic E-state index is -3.26. The molecular weight excluding hydrogens is 250 g/mol.